The standard InChI is InChI=1S/C18H19ClFN3O3/c1-3-16(10-15(20)11-19)26-12-17(24)23-13(2)4-9-22-18(25)14-5-7-21-8-6-14/h3,5-8,10-11H,1-2,4,9,12H2,(H,22,25)(H,23,24)/b15-11-,16-10+. The lowest BCUT2D eigenvalue weighted by Gasteiger charge is -2.10. The monoisotopic (exact) mass is 379 g/mol. The van der Waals surface area contributed by atoms with Gasteiger partial charge in [-0.3, -0.25) is 14.6 Å². The van der Waals surface area contributed by atoms with Crippen molar-refractivity contribution >= 4 is 23.4 Å². The third-order valence-electron chi connectivity index (χ3n) is 2.93. The van der Waals surface area contributed by atoms with Crippen LogP contribution in [-0.2, 0) is 9.53 Å². The van der Waals surface area contributed by atoms with Crippen molar-refractivity contribution in [1.82, 2.24) is 15.6 Å². The van der Waals surface area contributed by atoms with Gasteiger partial charge in [0.05, 0.1) is 0 Å². The van der Waals surface area contributed by atoms with E-state index in [0.29, 0.717) is 24.2 Å². The van der Waals surface area contributed by atoms with Gasteiger partial charge < -0.3 is 15.4 Å². The van der Waals surface area contributed by atoms with Gasteiger partial charge in [0.2, 0.25) is 0 Å². The molecule has 0 aliphatic carbocycles. The predicted octanol–water partition coefficient (Wildman–Crippen LogP) is 2.97. The normalized spacial score (nSPS) is 11.5. The summed E-state index contributed by atoms with van der Waals surface area (Å²) in [4.78, 5) is 27.4. The van der Waals surface area contributed by atoms with E-state index >= 15 is 0 Å². The van der Waals surface area contributed by atoms with E-state index in [1.54, 1.807) is 12.1 Å². The lowest BCUT2D eigenvalue weighted by molar-refractivity contribution is -0.123. The van der Waals surface area contributed by atoms with E-state index in [9.17, 15) is 14.0 Å². The second kappa shape index (κ2) is 11.6. The molecule has 0 atom stereocenters. The van der Waals surface area contributed by atoms with E-state index < -0.39 is 11.7 Å². The zero-order valence-electron chi connectivity index (χ0n) is 14.0. The molecule has 0 saturated heterocycles. The van der Waals surface area contributed by atoms with E-state index in [-0.39, 0.29) is 18.3 Å². The first-order chi connectivity index (χ1) is 12.5. The Morgan fingerprint density at radius 3 is 2.65 bits per heavy atom. The summed E-state index contributed by atoms with van der Waals surface area (Å²) in [5.41, 5.74) is 1.63. The van der Waals surface area contributed by atoms with E-state index in [1.165, 1.54) is 18.5 Å². The molecule has 1 aromatic rings. The Bertz CT molecular complexity index is 718. The second-order valence-corrected chi connectivity index (χ2v) is 5.15. The maximum absolute atomic E-state index is 13.0. The number of ether oxygens (including phenoxy) is 1. The van der Waals surface area contributed by atoms with Crippen LogP contribution in [0, 0.1) is 0 Å². The van der Waals surface area contributed by atoms with Gasteiger partial charge >= 0.3 is 0 Å². The summed E-state index contributed by atoms with van der Waals surface area (Å²) >= 11 is 5.20. The first-order valence-electron chi connectivity index (χ1n) is 7.55. The summed E-state index contributed by atoms with van der Waals surface area (Å²) in [6, 6.07) is 3.19. The highest BCUT2D eigenvalue weighted by Crippen LogP contribution is 2.08. The molecule has 0 saturated carbocycles. The van der Waals surface area contributed by atoms with Crippen LogP contribution in [0.15, 0.2) is 72.7 Å². The van der Waals surface area contributed by atoms with Crippen LogP contribution in [0.5, 0.6) is 0 Å². The van der Waals surface area contributed by atoms with Crippen molar-refractivity contribution in [3.63, 3.8) is 0 Å². The molecular formula is C18H19ClFN3O3. The molecule has 8 heteroatoms. The number of allylic oxidation sites excluding steroid dienone is 3. The van der Waals surface area contributed by atoms with Gasteiger partial charge in [-0.25, -0.2) is 4.39 Å². The summed E-state index contributed by atoms with van der Waals surface area (Å²) in [7, 11) is 0. The molecule has 138 valence electrons. The van der Waals surface area contributed by atoms with Gasteiger partial charge in [-0.2, -0.15) is 0 Å². The van der Waals surface area contributed by atoms with Crippen molar-refractivity contribution in [1.29, 1.82) is 0 Å². The number of rotatable bonds is 10. The van der Waals surface area contributed by atoms with E-state index in [4.69, 9.17) is 16.3 Å². The minimum absolute atomic E-state index is 0.0600. The van der Waals surface area contributed by atoms with Crippen LogP contribution in [0.3, 0.4) is 0 Å². The molecule has 2 N–H and O–H groups in total. The predicted molar refractivity (Wildman–Crippen MR) is 97.7 cm³/mol. The first kappa shape index (κ1) is 21.1. The number of hydrogen-bond acceptors (Lipinski definition) is 4. The number of hydrogen-bond donors (Lipinski definition) is 2. The minimum Gasteiger partial charge on any atom is -0.484 e. The summed E-state index contributed by atoms with van der Waals surface area (Å²) < 4.78 is 18.1. The van der Waals surface area contributed by atoms with Gasteiger partial charge in [-0.05, 0) is 18.2 Å². The minimum atomic E-state index is -0.726. The van der Waals surface area contributed by atoms with Crippen LogP contribution in [0.25, 0.3) is 0 Å². The number of pyridine rings is 1. The second-order valence-electron chi connectivity index (χ2n) is 4.93. The fraction of sp³-hybridized carbons (Fsp3) is 0.167. The van der Waals surface area contributed by atoms with Crippen LogP contribution in [0.4, 0.5) is 4.39 Å². The van der Waals surface area contributed by atoms with Gasteiger partial charge in [0.15, 0.2) is 6.61 Å². The molecular weight excluding hydrogens is 361 g/mol. The van der Waals surface area contributed by atoms with Crippen LogP contribution in [-0.4, -0.2) is 29.9 Å². The molecule has 26 heavy (non-hydrogen) atoms. The molecule has 0 radical (unpaired) electrons. The van der Waals surface area contributed by atoms with E-state index in [2.05, 4.69) is 28.8 Å². The van der Waals surface area contributed by atoms with Crippen molar-refractivity contribution in [2.24, 2.45) is 0 Å². The van der Waals surface area contributed by atoms with Gasteiger partial charge in [0.25, 0.3) is 11.8 Å². The highest BCUT2D eigenvalue weighted by Gasteiger charge is 2.07. The zero-order chi connectivity index (χ0) is 19.4. The molecule has 2 amide bonds. The molecule has 0 fully saturated rings. The molecule has 0 aliphatic rings. The largest absolute Gasteiger partial charge is 0.484 e. The topological polar surface area (TPSA) is 80.3 Å². The molecule has 0 unspecified atom stereocenters. The zero-order valence-corrected chi connectivity index (χ0v) is 14.8. The molecule has 1 rings (SSSR count). The third kappa shape index (κ3) is 8.25. The van der Waals surface area contributed by atoms with Crippen LogP contribution in [0.1, 0.15) is 16.8 Å². The Kier molecular flexibility index (Phi) is 9.42. The highest BCUT2D eigenvalue weighted by molar-refractivity contribution is 6.25. The highest BCUT2D eigenvalue weighted by atomic mass is 35.5. The van der Waals surface area contributed by atoms with Gasteiger partial charge in [0.1, 0.15) is 11.6 Å². The molecule has 0 aliphatic heterocycles. The lowest BCUT2D eigenvalue weighted by atomic mass is 10.2. The average molecular weight is 380 g/mol. The van der Waals surface area contributed by atoms with Crippen LogP contribution >= 0.6 is 11.6 Å². The van der Waals surface area contributed by atoms with E-state index in [0.717, 1.165) is 11.6 Å². The quantitative estimate of drug-likeness (QED) is 0.484. The van der Waals surface area contributed by atoms with Crippen molar-refractivity contribution in [3.05, 3.63) is 78.2 Å². The molecule has 0 aromatic carbocycles. The van der Waals surface area contributed by atoms with Gasteiger partial charge in [0, 0.05) is 48.2 Å². The van der Waals surface area contributed by atoms with Crippen molar-refractivity contribution in [2.45, 2.75) is 6.42 Å². The third-order valence-corrected chi connectivity index (χ3v) is 3.14. The SMILES string of the molecule is C=C/C(=C\C(F)=C\Cl)OCC(=O)NC(=C)CCNC(=O)c1ccncc1. The Hall–Kier alpha value is -2.93. The van der Waals surface area contributed by atoms with Crippen LogP contribution < -0.4 is 10.6 Å². The fourth-order valence-corrected chi connectivity index (χ4v) is 1.77. The summed E-state index contributed by atoms with van der Waals surface area (Å²) in [5, 5.41) is 5.22. The maximum atomic E-state index is 13.0. The molecule has 1 aromatic heterocycles. The smallest absolute Gasteiger partial charge is 0.262 e. The Morgan fingerprint density at radius 1 is 1.35 bits per heavy atom. The number of nitrogens with one attached hydrogen (secondary N) is 2. The number of nitrogens with zero attached hydrogens (tertiary/aromatic N) is 1. The van der Waals surface area contributed by atoms with Crippen molar-refractivity contribution in [3.8, 4) is 0 Å². The molecule has 0 spiro atoms. The van der Waals surface area contributed by atoms with Crippen molar-refractivity contribution in [2.75, 3.05) is 13.2 Å². The summed E-state index contributed by atoms with van der Waals surface area (Å²) in [5.74, 6) is -1.38. The fourth-order valence-electron chi connectivity index (χ4n) is 1.70. The van der Waals surface area contributed by atoms with E-state index in [1.807, 2.05) is 0 Å². The van der Waals surface area contributed by atoms with Crippen molar-refractivity contribution < 1.29 is 18.7 Å². The number of halogens is 2. The van der Waals surface area contributed by atoms with Crippen LogP contribution in [0.2, 0.25) is 0 Å². The Labute approximate surface area is 156 Å². The van der Waals surface area contributed by atoms with Gasteiger partial charge in [-0.1, -0.05) is 24.8 Å². The Balaban J connectivity index is 2.32. The molecule has 0 bridgehead atoms. The summed E-state index contributed by atoms with van der Waals surface area (Å²) in [6.07, 6.45) is 5.63. The lowest BCUT2D eigenvalue weighted by Crippen LogP contribution is -2.30. The summed E-state index contributed by atoms with van der Waals surface area (Å²) in [6.45, 7) is 7.09. The number of amides is 2. The number of carbonyl (C=O) groups is 2. The molecule has 1 heterocycles. The maximum Gasteiger partial charge on any atom is 0.262 e. The Morgan fingerprint density at radius 2 is 2.04 bits per heavy atom. The number of aromatic nitrogens is 1. The number of carbonyl (C=O) groups excluding carboxylic acids is 2. The average Bonchev–Trinajstić information content (AvgIpc) is 2.65. The first-order valence-corrected chi connectivity index (χ1v) is 7.98. The molecule has 6 nitrogen and oxygen atoms in total. The van der Waals surface area contributed by atoms with Gasteiger partial charge in [-0.15, -0.1) is 0 Å².